The summed E-state index contributed by atoms with van der Waals surface area (Å²) in [5.41, 5.74) is 5.96. The summed E-state index contributed by atoms with van der Waals surface area (Å²) in [5.74, 6) is -0.975. The minimum atomic E-state index is -1.04. The average Bonchev–Trinajstić information content (AvgIpc) is 3.23. The Bertz CT molecular complexity index is 2110. The molecule has 1 aromatic heterocycles. The number of nitrogens with zero attached hydrogens (tertiary/aromatic N) is 2. The average molecular weight is 763 g/mol. The molecule has 6 rings (SSSR count). The van der Waals surface area contributed by atoms with E-state index in [4.69, 9.17) is 0 Å². The van der Waals surface area contributed by atoms with E-state index in [9.17, 15) is 19.5 Å². The van der Waals surface area contributed by atoms with Crippen LogP contribution in [0.25, 0.3) is 11.1 Å². The second kappa shape index (κ2) is 19.9. The number of aliphatic carboxylic acids is 1. The molecule has 1 unspecified atom stereocenters. The molecule has 0 aliphatic carbocycles. The first-order valence-corrected chi connectivity index (χ1v) is 19.7. The smallest absolute Gasteiger partial charge is 0.305 e. The van der Waals surface area contributed by atoms with Gasteiger partial charge in [-0.05, 0) is 89.4 Å². The fraction of sp³-hybridized carbons (Fsp3) is 0.191. The highest BCUT2D eigenvalue weighted by Crippen LogP contribution is 2.39. The van der Waals surface area contributed by atoms with E-state index in [2.05, 4.69) is 52.0 Å². The Morgan fingerprint density at radius 2 is 1.29 bits per heavy atom. The van der Waals surface area contributed by atoms with Gasteiger partial charge in [-0.1, -0.05) is 133 Å². The van der Waals surface area contributed by atoms with Gasteiger partial charge in [-0.3, -0.25) is 18.7 Å². The van der Waals surface area contributed by atoms with Gasteiger partial charge < -0.3 is 15.7 Å². The molecule has 0 aliphatic heterocycles. The van der Waals surface area contributed by atoms with Gasteiger partial charge >= 0.3 is 5.97 Å². The molecule has 2 atom stereocenters. The molecule has 0 aliphatic rings. The molecule has 9 heteroatoms. The largest absolute Gasteiger partial charge is 0.481 e. The number of unbranched alkanes of at least 4 members (excludes halogenated alkanes) is 1. The third-order valence-corrected chi connectivity index (χ3v) is 10.6. The van der Waals surface area contributed by atoms with E-state index in [1.807, 2.05) is 121 Å². The molecule has 0 fully saturated rings. The topological polar surface area (TPSA) is 112 Å². The van der Waals surface area contributed by atoms with Crippen LogP contribution in [0.2, 0.25) is 0 Å². The lowest BCUT2D eigenvalue weighted by atomic mass is 9.85. The number of pyridine rings is 1. The number of aromatic nitrogens is 1. The second-order valence-electron chi connectivity index (χ2n) is 13.6. The number of carbonyl (C=O) groups excluding carboxylic acids is 2. The summed E-state index contributed by atoms with van der Waals surface area (Å²) in [4.78, 5) is 45.2. The van der Waals surface area contributed by atoms with E-state index in [-0.39, 0.29) is 24.7 Å². The van der Waals surface area contributed by atoms with Gasteiger partial charge in [0.05, 0.1) is 12.5 Å². The monoisotopic (exact) mass is 762 g/mol. The number of amides is 2. The number of nitrogens with one attached hydrogen (secondary N) is 2. The van der Waals surface area contributed by atoms with E-state index < -0.39 is 24.0 Å². The van der Waals surface area contributed by atoms with Gasteiger partial charge in [0.25, 0.3) is 5.91 Å². The molecular formula is C47H46N4O4S. The molecule has 6 aromatic rings. The predicted octanol–water partition coefficient (Wildman–Crippen LogP) is 9.77. The Hall–Kier alpha value is -6.19. The van der Waals surface area contributed by atoms with Crippen molar-refractivity contribution in [3.8, 4) is 11.1 Å². The number of carboxylic acids is 1. The molecule has 0 saturated carbocycles. The highest BCUT2D eigenvalue weighted by Gasteiger charge is 2.33. The van der Waals surface area contributed by atoms with Crippen LogP contribution in [0, 0.1) is 0 Å². The van der Waals surface area contributed by atoms with Gasteiger partial charge in [-0.2, -0.15) is 0 Å². The van der Waals surface area contributed by atoms with Gasteiger partial charge in [0.15, 0.2) is 0 Å². The third-order valence-electron chi connectivity index (χ3n) is 9.48. The molecule has 0 radical (unpaired) electrons. The number of carbonyl (C=O) groups is 3. The van der Waals surface area contributed by atoms with Crippen LogP contribution in [0.5, 0.6) is 0 Å². The number of hydrogen-bond acceptors (Lipinski definition) is 6. The lowest BCUT2D eigenvalue weighted by Crippen LogP contribution is -2.46. The minimum Gasteiger partial charge on any atom is -0.481 e. The maximum absolute atomic E-state index is 14.5. The van der Waals surface area contributed by atoms with E-state index in [0.717, 1.165) is 45.0 Å². The van der Waals surface area contributed by atoms with Gasteiger partial charge in [0.1, 0.15) is 11.9 Å². The Balaban J connectivity index is 1.26. The van der Waals surface area contributed by atoms with Crippen LogP contribution >= 0.6 is 11.9 Å². The number of carboxylic acid groups (broad SMARTS) is 1. The van der Waals surface area contributed by atoms with Crippen molar-refractivity contribution >= 4 is 35.5 Å². The van der Waals surface area contributed by atoms with Crippen LogP contribution < -0.4 is 10.6 Å². The summed E-state index contributed by atoms with van der Waals surface area (Å²) in [5, 5.41) is 16.4. The number of benzene rings is 5. The quantitative estimate of drug-likeness (QED) is 0.0454. The SMILES string of the molecule is C[C@H](NC(=O)CCCCNc1ccccn1)C(=O)N(Sc1cccc(C(c2ccccc2)c2ccccc2)c1)C(CC(=O)O)c1ccc(-c2ccccc2)cc1. The minimum absolute atomic E-state index is 0.0696. The lowest BCUT2D eigenvalue weighted by molar-refractivity contribution is -0.139. The first kappa shape index (κ1) is 39.5. The maximum atomic E-state index is 14.5. The lowest BCUT2D eigenvalue weighted by Gasteiger charge is -2.32. The standard InChI is InChI=1S/C47H46N4O4S/c1-34(50-44(52)25-12-14-31-49-43-24-11-13-30-48-43)47(55)51(42(33-45(53)54)37-28-26-36(27-29-37)35-16-5-2-6-17-35)56-41-23-15-22-40(32-41)46(38-18-7-3-8-19-38)39-20-9-4-10-21-39/h2-11,13,15-24,26-30,32,34,42,46H,12,14,25,31,33H2,1H3,(H,48,49)(H,50,52)(H,53,54)/t34-,42?/m0/s1. The summed E-state index contributed by atoms with van der Waals surface area (Å²) in [7, 11) is 0. The van der Waals surface area contributed by atoms with E-state index in [0.29, 0.717) is 18.5 Å². The highest BCUT2D eigenvalue weighted by molar-refractivity contribution is 7.97. The van der Waals surface area contributed by atoms with E-state index >= 15 is 0 Å². The second-order valence-corrected chi connectivity index (χ2v) is 14.6. The van der Waals surface area contributed by atoms with Crippen molar-refractivity contribution in [2.75, 3.05) is 11.9 Å². The van der Waals surface area contributed by atoms with Crippen LogP contribution in [0.15, 0.2) is 169 Å². The van der Waals surface area contributed by atoms with Crippen molar-refractivity contribution in [1.82, 2.24) is 14.6 Å². The van der Waals surface area contributed by atoms with E-state index in [1.54, 1.807) is 13.1 Å². The molecule has 2 amide bonds. The van der Waals surface area contributed by atoms with Crippen LogP contribution in [-0.4, -0.2) is 44.8 Å². The van der Waals surface area contributed by atoms with Gasteiger partial charge in [0.2, 0.25) is 5.91 Å². The first-order valence-electron chi connectivity index (χ1n) is 18.9. The summed E-state index contributed by atoms with van der Waals surface area (Å²) in [6, 6.07) is 50.1. The van der Waals surface area contributed by atoms with Crippen molar-refractivity contribution in [2.24, 2.45) is 0 Å². The molecule has 0 bridgehead atoms. The molecule has 284 valence electrons. The molecular weight excluding hydrogens is 717 g/mol. The van der Waals surface area contributed by atoms with Gasteiger partial charge in [0, 0.05) is 30.0 Å². The summed E-state index contributed by atoms with van der Waals surface area (Å²) in [6.45, 7) is 2.32. The van der Waals surface area contributed by atoms with E-state index in [1.165, 1.54) is 16.3 Å². The van der Waals surface area contributed by atoms with Gasteiger partial charge in [-0.15, -0.1) is 0 Å². The van der Waals surface area contributed by atoms with Crippen LogP contribution in [0.3, 0.4) is 0 Å². The number of rotatable bonds is 18. The fourth-order valence-electron chi connectivity index (χ4n) is 6.69. The first-order chi connectivity index (χ1) is 27.4. The van der Waals surface area contributed by atoms with Crippen molar-refractivity contribution in [3.05, 3.63) is 186 Å². The van der Waals surface area contributed by atoms with Gasteiger partial charge in [-0.25, -0.2) is 4.98 Å². The van der Waals surface area contributed by atoms with Crippen molar-refractivity contribution in [3.63, 3.8) is 0 Å². The Morgan fingerprint density at radius 1 is 0.679 bits per heavy atom. The van der Waals surface area contributed by atoms with Crippen molar-refractivity contribution < 1.29 is 19.5 Å². The fourth-order valence-corrected chi connectivity index (χ4v) is 7.81. The zero-order valence-corrected chi connectivity index (χ0v) is 32.1. The zero-order chi connectivity index (χ0) is 39.1. The molecule has 56 heavy (non-hydrogen) atoms. The molecule has 3 N–H and O–H groups in total. The summed E-state index contributed by atoms with van der Waals surface area (Å²) < 4.78 is 1.53. The molecule has 5 aromatic carbocycles. The third kappa shape index (κ3) is 11.0. The van der Waals surface area contributed by atoms with Crippen molar-refractivity contribution in [1.29, 1.82) is 0 Å². The van der Waals surface area contributed by atoms with Crippen LogP contribution in [0.4, 0.5) is 5.82 Å². The molecule has 0 spiro atoms. The zero-order valence-electron chi connectivity index (χ0n) is 31.3. The van der Waals surface area contributed by atoms with Crippen LogP contribution in [0.1, 0.15) is 66.8 Å². The highest BCUT2D eigenvalue weighted by atomic mass is 32.2. The van der Waals surface area contributed by atoms with Crippen molar-refractivity contribution in [2.45, 2.75) is 55.5 Å². The molecule has 1 heterocycles. The summed E-state index contributed by atoms with van der Waals surface area (Å²) in [6.07, 6.45) is 3.01. The van der Waals surface area contributed by atoms with Crippen LogP contribution in [-0.2, 0) is 14.4 Å². The Labute approximate surface area is 333 Å². The molecule has 8 nitrogen and oxygen atoms in total. The normalized spacial score (nSPS) is 12.0. The Morgan fingerprint density at radius 3 is 1.91 bits per heavy atom. The predicted molar refractivity (Wildman–Crippen MR) is 224 cm³/mol. The summed E-state index contributed by atoms with van der Waals surface area (Å²) >= 11 is 1.20. The number of hydrogen-bond donors (Lipinski definition) is 3. The maximum Gasteiger partial charge on any atom is 0.305 e. The number of anilines is 1. The molecule has 0 saturated heterocycles. The Kier molecular flexibility index (Phi) is 14.1.